The second-order valence-corrected chi connectivity index (χ2v) is 2.28. The molecular formula is C5H7NO3S. The highest BCUT2D eigenvalue weighted by molar-refractivity contribution is 7.80. The van der Waals surface area contributed by atoms with Crippen molar-refractivity contribution >= 4 is 24.5 Å². The smallest absolute Gasteiger partial charge is 0.330 e. The summed E-state index contributed by atoms with van der Waals surface area (Å²) in [7, 11) is 0. The van der Waals surface area contributed by atoms with Crippen LogP contribution >= 0.6 is 12.6 Å². The summed E-state index contributed by atoms with van der Waals surface area (Å²) in [6.07, 6.45) is 0. The summed E-state index contributed by atoms with van der Waals surface area (Å²) in [5.41, 5.74) is 0. The van der Waals surface area contributed by atoms with Crippen LogP contribution in [0, 0.1) is 0 Å². The van der Waals surface area contributed by atoms with Gasteiger partial charge in [-0.15, -0.1) is 0 Å². The molecule has 4 nitrogen and oxygen atoms in total. The van der Waals surface area contributed by atoms with Gasteiger partial charge >= 0.3 is 5.97 Å². The van der Waals surface area contributed by atoms with Crippen LogP contribution in [-0.2, 0) is 14.3 Å². The number of hydrogen-bond acceptors (Lipinski definition) is 4. The molecule has 5 heteroatoms. The molecule has 0 unspecified atom stereocenters. The second kappa shape index (κ2) is 2.92. The summed E-state index contributed by atoms with van der Waals surface area (Å²) in [4.78, 5) is 21.2. The van der Waals surface area contributed by atoms with E-state index in [0.717, 1.165) is 0 Å². The van der Waals surface area contributed by atoms with Crippen molar-refractivity contribution in [3.05, 3.63) is 0 Å². The third-order valence-electron chi connectivity index (χ3n) is 1.15. The summed E-state index contributed by atoms with van der Waals surface area (Å²) in [5.74, 6) is -0.391. The minimum Gasteiger partial charge on any atom is -0.454 e. The molecule has 0 aromatic carbocycles. The van der Waals surface area contributed by atoms with Gasteiger partial charge in [0.15, 0.2) is 6.61 Å². The van der Waals surface area contributed by atoms with Crippen LogP contribution in [0.2, 0.25) is 0 Å². The average Bonchev–Trinajstić information content (AvgIpc) is 1.94. The number of carbonyl (C=O) groups excluding carboxylic acids is 2. The van der Waals surface area contributed by atoms with E-state index in [1.165, 1.54) is 0 Å². The number of ether oxygens (including phenoxy) is 1. The number of rotatable bonds is 1. The highest BCUT2D eigenvalue weighted by Crippen LogP contribution is 1.97. The molecule has 1 N–H and O–H groups in total. The molecule has 1 aliphatic rings. The largest absolute Gasteiger partial charge is 0.454 e. The molecule has 1 atom stereocenters. The van der Waals surface area contributed by atoms with Crippen molar-refractivity contribution in [1.29, 1.82) is 0 Å². The summed E-state index contributed by atoms with van der Waals surface area (Å²) in [5, 5.41) is 2.43. The van der Waals surface area contributed by atoms with E-state index in [1.54, 1.807) is 0 Å². The van der Waals surface area contributed by atoms with Crippen LogP contribution in [-0.4, -0.2) is 30.3 Å². The summed E-state index contributed by atoms with van der Waals surface area (Å²) < 4.78 is 4.49. The fourth-order valence-electron chi connectivity index (χ4n) is 0.652. The number of morpholine rings is 1. The van der Waals surface area contributed by atoms with Crippen molar-refractivity contribution in [2.24, 2.45) is 0 Å². The Labute approximate surface area is 63.3 Å². The lowest BCUT2D eigenvalue weighted by Gasteiger charge is -2.19. The molecule has 56 valence electrons. The van der Waals surface area contributed by atoms with Gasteiger partial charge in [-0.1, -0.05) is 0 Å². The molecule has 0 aromatic rings. The van der Waals surface area contributed by atoms with E-state index in [2.05, 4.69) is 22.7 Å². The molecule has 1 aliphatic heterocycles. The van der Waals surface area contributed by atoms with Crippen LogP contribution in [0.5, 0.6) is 0 Å². The van der Waals surface area contributed by atoms with Gasteiger partial charge in [-0.2, -0.15) is 12.6 Å². The van der Waals surface area contributed by atoms with Gasteiger partial charge in [0.1, 0.15) is 6.04 Å². The molecule has 0 aromatic heterocycles. The van der Waals surface area contributed by atoms with Crippen molar-refractivity contribution < 1.29 is 14.3 Å². The minimum absolute atomic E-state index is 0.164. The Morgan fingerprint density at radius 1 is 1.70 bits per heavy atom. The van der Waals surface area contributed by atoms with Crippen LogP contribution < -0.4 is 5.32 Å². The Morgan fingerprint density at radius 3 is 2.90 bits per heavy atom. The fourth-order valence-corrected chi connectivity index (χ4v) is 0.893. The summed E-state index contributed by atoms with van der Waals surface area (Å²) in [6, 6.07) is -0.565. The number of nitrogens with one attached hydrogen (secondary N) is 1. The van der Waals surface area contributed by atoms with Gasteiger partial charge in [-0.05, 0) is 0 Å². The second-order valence-electron chi connectivity index (χ2n) is 1.91. The van der Waals surface area contributed by atoms with E-state index in [-0.39, 0.29) is 18.3 Å². The number of esters is 1. The van der Waals surface area contributed by atoms with Gasteiger partial charge in [0.2, 0.25) is 0 Å². The molecule has 0 radical (unpaired) electrons. The Balaban J connectivity index is 2.53. The van der Waals surface area contributed by atoms with E-state index >= 15 is 0 Å². The van der Waals surface area contributed by atoms with Gasteiger partial charge < -0.3 is 10.1 Å². The lowest BCUT2D eigenvalue weighted by atomic mass is 10.3. The van der Waals surface area contributed by atoms with Gasteiger partial charge in [-0.25, -0.2) is 4.79 Å². The molecule has 0 spiro atoms. The van der Waals surface area contributed by atoms with Crippen molar-refractivity contribution in [3.8, 4) is 0 Å². The molecule has 1 rings (SSSR count). The monoisotopic (exact) mass is 161 g/mol. The molecule has 10 heavy (non-hydrogen) atoms. The van der Waals surface area contributed by atoms with Crippen molar-refractivity contribution in [2.75, 3.05) is 12.4 Å². The van der Waals surface area contributed by atoms with Crippen LogP contribution in [0.3, 0.4) is 0 Å². The predicted molar refractivity (Wildman–Crippen MR) is 36.7 cm³/mol. The zero-order valence-corrected chi connectivity index (χ0v) is 6.06. The van der Waals surface area contributed by atoms with Crippen molar-refractivity contribution in [2.45, 2.75) is 6.04 Å². The highest BCUT2D eigenvalue weighted by Gasteiger charge is 2.26. The number of hydrogen-bond donors (Lipinski definition) is 2. The summed E-state index contributed by atoms with van der Waals surface area (Å²) in [6.45, 7) is -0.164. The first-order valence-electron chi connectivity index (χ1n) is 2.81. The third kappa shape index (κ3) is 1.41. The third-order valence-corrected chi connectivity index (χ3v) is 1.51. The predicted octanol–water partition coefficient (Wildman–Crippen LogP) is -1.04. The first kappa shape index (κ1) is 7.40. The Hall–Kier alpha value is -0.710. The van der Waals surface area contributed by atoms with Crippen molar-refractivity contribution in [1.82, 2.24) is 5.32 Å². The van der Waals surface area contributed by atoms with E-state index < -0.39 is 12.0 Å². The first-order chi connectivity index (χ1) is 4.74. The highest BCUT2D eigenvalue weighted by atomic mass is 32.1. The van der Waals surface area contributed by atoms with Gasteiger partial charge in [0.25, 0.3) is 5.91 Å². The van der Waals surface area contributed by atoms with E-state index in [9.17, 15) is 9.59 Å². The van der Waals surface area contributed by atoms with Crippen LogP contribution in [0.4, 0.5) is 0 Å². The molecular weight excluding hydrogens is 154 g/mol. The average molecular weight is 161 g/mol. The molecule has 0 saturated carbocycles. The van der Waals surface area contributed by atoms with Crippen LogP contribution in [0.25, 0.3) is 0 Å². The Kier molecular flexibility index (Phi) is 2.16. The van der Waals surface area contributed by atoms with E-state index in [1.807, 2.05) is 0 Å². The SMILES string of the molecule is O=C1COC(=O)[C@@H](CS)N1. The standard InChI is InChI=1S/C5H7NO3S/c7-4-1-9-5(8)3(2-10)6-4/h3,10H,1-2H2,(H,6,7)/t3-/m1/s1. The van der Waals surface area contributed by atoms with Crippen LogP contribution in [0.15, 0.2) is 0 Å². The van der Waals surface area contributed by atoms with E-state index in [4.69, 9.17) is 0 Å². The maximum absolute atomic E-state index is 10.7. The Morgan fingerprint density at radius 2 is 2.40 bits per heavy atom. The normalized spacial score (nSPS) is 25.5. The van der Waals surface area contributed by atoms with Gasteiger partial charge in [0.05, 0.1) is 0 Å². The van der Waals surface area contributed by atoms with Crippen LogP contribution in [0.1, 0.15) is 0 Å². The lowest BCUT2D eigenvalue weighted by molar-refractivity contribution is -0.156. The molecule has 1 amide bonds. The lowest BCUT2D eigenvalue weighted by Crippen LogP contribution is -2.50. The molecule has 1 fully saturated rings. The maximum Gasteiger partial charge on any atom is 0.330 e. The quantitative estimate of drug-likeness (QED) is 0.381. The maximum atomic E-state index is 10.7. The zero-order chi connectivity index (χ0) is 7.56. The molecule has 1 saturated heterocycles. The van der Waals surface area contributed by atoms with Gasteiger partial charge in [0, 0.05) is 5.75 Å². The first-order valence-corrected chi connectivity index (χ1v) is 3.44. The molecule has 1 heterocycles. The molecule has 0 aliphatic carbocycles. The van der Waals surface area contributed by atoms with E-state index in [0.29, 0.717) is 0 Å². The fraction of sp³-hybridized carbons (Fsp3) is 0.600. The zero-order valence-electron chi connectivity index (χ0n) is 5.16. The Bertz CT molecular complexity index is 170. The number of thiol groups is 1. The topological polar surface area (TPSA) is 55.4 Å². The number of cyclic esters (lactones) is 1. The van der Waals surface area contributed by atoms with Crippen molar-refractivity contribution in [3.63, 3.8) is 0 Å². The van der Waals surface area contributed by atoms with Gasteiger partial charge in [-0.3, -0.25) is 4.79 Å². The minimum atomic E-state index is -0.565. The molecule has 0 bridgehead atoms. The number of amides is 1. The number of carbonyl (C=O) groups is 2. The summed E-state index contributed by atoms with van der Waals surface area (Å²) >= 11 is 3.85.